The number of aliphatic hydroxyl groups is 1. The Kier molecular flexibility index (Phi) is 3.00. The van der Waals surface area contributed by atoms with Crippen molar-refractivity contribution in [1.29, 1.82) is 0 Å². The summed E-state index contributed by atoms with van der Waals surface area (Å²) in [6, 6.07) is 18.2. The fourth-order valence-electron chi connectivity index (χ4n) is 1.47. The first kappa shape index (κ1) is 9.74. The molecule has 0 unspecified atom stereocenters. The second kappa shape index (κ2) is 4.62. The van der Waals surface area contributed by atoms with E-state index in [4.69, 9.17) is 9.84 Å². The Morgan fingerprint density at radius 3 is 2.53 bits per heavy atom. The van der Waals surface area contributed by atoms with Gasteiger partial charge >= 0.3 is 0 Å². The van der Waals surface area contributed by atoms with Crippen molar-refractivity contribution in [2.75, 3.05) is 6.79 Å². The van der Waals surface area contributed by atoms with Gasteiger partial charge in [-0.3, -0.25) is 0 Å². The van der Waals surface area contributed by atoms with Crippen molar-refractivity contribution in [1.82, 2.24) is 0 Å². The lowest BCUT2D eigenvalue weighted by atomic mass is 10.1. The van der Waals surface area contributed by atoms with E-state index in [0.717, 1.165) is 11.1 Å². The maximum atomic E-state index is 8.76. The largest absolute Gasteiger partial charge is 0.467 e. The third-order valence-electron chi connectivity index (χ3n) is 2.14. The second-order valence-electron chi connectivity index (χ2n) is 3.06. The number of hydrogen-bond acceptors (Lipinski definition) is 2. The Morgan fingerprint density at radius 1 is 1.07 bits per heavy atom. The number of aliphatic hydroxyl groups excluding tert-OH is 1. The molecule has 0 spiro atoms. The molecule has 2 aromatic carbocycles. The number of rotatable bonds is 3. The van der Waals surface area contributed by atoms with Crippen LogP contribution in [0.1, 0.15) is 0 Å². The zero-order valence-electron chi connectivity index (χ0n) is 8.18. The summed E-state index contributed by atoms with van der Waals surface area (Å²) in [6.07, 6.45) is 0. The summed E-state index contributed by atoms with van der Waals surface area (Å²) in [4.78, 5) is 0. The highest BCUT2D eigenvalue weighted by molar-refractivity contribution is 5.70. The maximum Gasteiger partial charge on any atom is 0.186 e. The average molecular weight is 199 g/mol. The van der Waals surface area contributed by atoms with Crippen LogP contribution in [0.3, 0.4) is 0 Å². The lowest BCUT2D eigenvalue weighted by Gasteiger charge is -2.08. The molecule has 0 aliphatic carbocycles. The van der Waals surface area contributed by atoms with E-state index >= 15 is 0 Å². The Labute approximate surface area is 88.8 Å². The molecule has 2 rings (SSSR count). The molecule has 0 bridgehead atoms. The Morgan fingerprint density at radius 2 is 1.80 bits per heavy atom. The zero-order chi connectivity index (χ0) is 10.5. The molecule has 1 N–H and O–H groups in total. The smallest absolute Gasteiger partial charge is 0.186 e. The zero-order valence-corrected chi connectivity index (χ0v) is 8.18. The van der Waals surface area contributed by atoms with E-state index in [9.17, 15) is 0 Å². The first-order chi connectivity index (χ1) is 7.42. The van der Waals surface area contributed by atoms with Gasteiger partial charge in [0.1, 0.15) is 5.75 Å². The lowest BCUT2D eigenvalue weighted by Crippen LogP contribution is -1.96. The van der Waals surface area contributed by atoms with Gasteiger partial charge in [-0.25, -0.2) is 0 Å². The van der Waals surface area contributed by atoms with Crippen molar-refractivity contribution in [2.24, 2.45) is 0 Å². The summed E-state index contributed by atoms with van der Waals surface area (Å²) in [5, 5.41) is 8.76. The average Bonchev–Trinajstić information content (AvgIpc) is 2.31. The minimum atomic E-state index is -0.310. The van der Waals surface area contributed by atoms with Gasteiger partial charge in [0, 0.05) is 5.56 Å². The van der Waals surface area contributed by atoms with Crippen LogP contribution < -0.4 is 4.74 Å². The molecular formula is C13H11O2. The second-order valence-corrected chi connectivity index (χ2v) is 3.06. The first-order valence-electron chi connectivity index (χ1n) is 4.71. The maximum absolute atomic E-state index is 8.76. The van der Waals surface area contributed by atoms with E-state index in [1.807, 2.05) is 48.5 Å². The van der Waals surface area contributed by atoms with Crippen LogP contribution in [0.4, 0.5) is 0 Å². The van der Waals surface area contributed by atoms with Gasteiger partial charge in [-0.2, -0.15) is 0 Å². The lowest BCUT2D eigenvalue weighted by molar-refractivity contribution is 0.0991. The van der Waals surface area contributed by atoms with Gasteiger partial charge < -0.3 is 9.84 Å². The molecule has 0 amide bonds. The highest BCUT2D eigenvalue weighted by atomic mass is 16.6. The highest BCUT2D eigenvalue weighted by Gasteiger charge is 2.03. The molecule has 0 fully saturated rings. The van der Waals surface area contributed by atoms with Crippen LogP contribution in [0.25, 0.3) is 11.1 Å². The summed E-state index contributed by atoms with van der Waals surface area (Å²) < 4.78 is 5.14. The van der Waals surface area contributed by atoms with Gasteiger partial charge in [0.2, 0.25) is 0 Å². The quantitative estimate of drug-likeness (QED) is 0.769. The number of hydrogen-bond donors (Lipinski definition) is 1. The van der Waals surface area contributed by atoms with Crippen LogP contribution >= 0.6 is 0 Å². The van der Waals surface area contributed by atoms with E-state index in [1.165, 1.54) is 0 Å². The van der Waals surface area contributed by atoms with Crippen LogP contribution in [0.2, 0.25) is 0 Å². The molecule has 75 valence electrons. The molecule has 0 aromatic heterocycles. The predicted molar refractivity (Wildman–Crippen MR) is 58.4 cm³/mol. The van der Waals surface area contributed by atoms with E-state index in [-0.39, 0.29) is 6.79 Å². The van der Waals surface area contributed by atoms with E-state index in [1.54, 1.807) is 0 Å². The van der Waals surface area contributed by atoms with E-state index in [2.05, 4.69) is 6.07 Å². The van der Waals surface area contributed by atoms with Gasteiger partial charge in [0.05, 0.1) is 0 Å². The van der Waals surface area contributed by atoms with Crippen molar-refractivity contribution < 1.29 is 9.84 Å². The van der Waals surface area contributed by atoms with Crippen LogP contribution in [-0.4, -0.2) is 11.9 Å². The summed E-state index contributed by atoms with van der Waals surface area (Å²) >= 11 is 0. The Bertz CT molecular complexity index is 424. The standard InChI is InChI=1S/C13H11O2/c14-10-15-13-9-5-4-8-12(13)11-6-2-1-3-7-11/h2-9,14H,10H2. The van der Waals surface area contributed by atoms with Crippen LogP contribution in [0, 0.1) is 6.07 Å². The molecular weight excluding hydrogens is 188 g/mol. The van der Waals surface area contributed by atoms with Gasteiger partial charge in [0.15, 0.2) is 6.79 Å². The van der Waals surface area contributed by atoms with Gasteiger partial charge in [-0.15, -0.1) is 0 Å². The molecule has 15 heavy (non-hydrogen) atoms. The fourth-order valence-corrected chi connectivity index (χ4v) is 1.47. The van der Waals surface area contributed by atoms with Crippen LogP contribution in [0.5, 0.6) is 5.75 Å². The number of benzene rings is 2. The highest BCUT2D eigenvalue weighted by Crippen LogP contribution is 2.29. The van der Waals surface area contributed by atoms with Crippen molar-refractivity contribution in [2.45, 2.75) is 0 Å². The molecule has 0 atom stereocenters. The Balaban J connectivity index is 2.43. The van der Waals surface area contributed by atoms with E-state index < -0.39 is 0 Å². The van der Waals surface area contributed by atoms with Crippen molar-refractivity contribution in [3.8, 4) is 16.9 Å². The monoisotopic (exact) mass is 199 g/mol. The molecule has 0 aliphatic heterocycles. The van der Waals surface area contributed by atoms with Crippen LogP contribution in [0.15, 0.2) is 48.5 Å². The normalized spacial score (nSPS) is 9.93. The molecule has 2 heteroatoms. The van der Waals surface area contributed by atoms with Gasteiger partial charge in [0.25, 0.3) is 0 Å². The van der Waals surface area contributed by atoms with Gasteiger partial charge in [-0.05, 0) is 17.7 Å². The number of para-hydroxylation sites is 1. The molecule has 0 aliphatic rings. The summed E-state index contributed by atoms with van der Waals surface area (Å²) in [6.45, 7) is -0.310. The van der Waals surface area contributed by atoms with Crippen molar-refractivity contribution >= 4 is 0 Å². The summed E-state index contributed by atoms with van der Waals surface area (Å²) in [7, 11) is 0. The van der Waals surface area contributed by atoms with Crippen molar-refractivity contribution in [3.63, 3.8) is 0 Å². The molecule has 1 radical (unpaired) electrons. The van der Waals surface area contributed by atoms with E-state index in [0.29, 0.717) is 5.75 Å². The first-order valence-corrected chi connectivity index (χ1v) is 4.71. The third-order valence-corrected chi connectivity index (χ3v) is 2.14. The topological polar surface area (TPSA) is 29.5 Å². The molecule has 0 heterocycles. The SMILES string of the molecule is OCOc1ccccc1-c1cc[c]cc1. The van der Waals surface area contributed by atoms with Crippen LogP contribution in [-0.2, 0) is 0 Å². The fraction of sp³-hybridized carbons (Fsp3) is 0.0769. The molecule has 2 nitrogen and oxygen atoms in total. The third kappa shape index (κ3) is 2.17. The summed E-state index contributed by atoms with van der Waals surface area (Å²) in [5.41, 5.74) is 2.03. The minimum absolute atomic E-state index is 0.310. The molecule has 0 saturated carbocycles. The molecule has 2 aromatic rings. The Hall–Kier alpha value is -1.80. The minimum Gasteiger partial charge on any atom is -0.467 e. The number of ether oxygens (including phenoxy) is 1. The predicted octanol–water partition coefficient (Wildman–Crippen LogP) is 2.48. The van der Waals surface area contributed by atoms with Gasteiger partial charge in [-0.1, -0.05) is 42.5 Å². The van der Waals surface area contributed by atoms with Crippen molar-refractivity contribution in [3.05, 3.63) is 54.6 Å². The molecule has 0 saturated heterocycles. The summed E-state index contributed by atoms with van der Waals surface area (Å²) in [5.74, 6) is 0.686.